The van der Waals surface area contributed by atoms with Crippen LogP contribution >= 0.6 is 11.3 Å². The van der Waals surface area contributed by atoms with Crippen LogP contribution in [0.4, 0.5) is 0 Å². The average Bonchev–Trinajstić information content (AvgIpc) is 3.03. The fourth-order valence-corrected chi connectivity index (χ4v) is 2.96. The number of guanidine groups is 1. The number of rotatable bonds is 7. The Hall–Kier alpha value is -1.95. The molecule has 2 rings (SSSR count). The number of aromatic nitrogens is 2. The van der Waals surface area contributed by atoms with Crippen molar-refractivity contribution in [3.05, 3.63) is 46.2 Å². The summed E-state index contributed by atoms with van der Waals surface area (Å²) >= 11 is 1.74. The van der Waals surface area contributed by atoms with E-state index < -0.39 is 0 Å². The quantitative estimate of drug-likeness (QED) is 0.605. The van der Waals surface area contributed by atoms with E-state index in [1.807, 2.05) is 24.4 Å². The van der Waals surface area contributed by atoms with Crippen molar-refractivity contribution < 1.29 is 0 Å². The van der Waals surface area contributed by atoms with Gasteiger partial charge in [0.15, 0.2) is 5.96 Å². The molecule has 0 saturated heterocycles. The number of pyridine rings is 1. The van der Waals surface area contributed by atoms with Gasteiger partial charge in [0.25, 0.3) is 0 Å². The van der Waals surface area contributed by atoms with Crippen molar-refractivity contribution >= 4 is 17.3 Å². The van der Waals surface area contributed by atoms with Crippen LogP contribution in [0.5, 0.6) is 0 Å². The molecule has 0 radical (unpaired) electrons. The maximum Gasteiger partial charge on any atom is 0.191 e. The molecule has 0 aliphatic rings. The van der Waals surface area contributed by atoms with Gasteiger partial charge >= 0.3 is 0 Å². The summed E-state index contributed by atoms with van der Waals surface area (Å²) in [6.07, 6.45) is 3.61. The van der Waals surface area contributed by atoms with Crippen LogP contribution in [0.3, 0.4) is 0 Å². The van der Waals surface area contributed by atoms with Gasteiger partial charge in [-0.05, 0) is 12.1 Å². The topological polar surface area (TPSA) is 62.2 Å². The number of hydrogen-bond donors (Lipinski definition) is 2. The minimum atomic E-state index is 0.503. The smallest absolute Gasteiger partial charge is 0.191 e. The van der Waals surface area contributed by atoms with Crippen LogP contribution in [0, 0.1) is 0 Å². The van der Waals surface area contributed by atoms with E-state index >= 15 is 0 Å². The highest BCUT2D eigenvalue weighted by Crippen LogP contribution is 2.19. The molecule has 0 saturated carbocycles. The number of thiazole rings is 1. The van der Waals surface area contributed by atoms with Gasteiger partial charge in [0.2, 0.25) is 0 Å². The standard InChI is InChI=1S/C17H25N5S/c1-13(2)16-22-15(12-23-16)8-11-21-17(18-3)20-10-7-14-6-4-5-9-19-14/h4-6,9,12-13H,7-8,10-11H2,1-3H3,(H2,18,20,21). The first-order valence-corrected chi connectivity index (χ1v) is 8.85. The van der Waals surface area contributed by atoms with Crippen LogP contribution in [0.15, 0.2) is 34.8 Å². The van der Waals surface area contributed by atoms with Gasteiger partial charge in [0.1, 0.15) is 0 Å². The van der Waals surface area contributed by atoms with Crippen LogP contribution in [-0.4, -0.2) is 36.1 Å². The molecule has 0 unspecified atom stereocenters. The summed E-state index contributed by atoms with van der Waals surface area (Å²) in [4.78, 5) is 13.2. The lowest BCUT2D eigenvalue weighted by molar-refractivity contribution is 0.765. The lowest BCUT2D eigenvalue weighted by atomic mass is 10.2. The van der Waals surface area contributed by atoms with E-state index in [1.54, 1.807) is 18.4 Å². The normalized spacial score (nSPS) is 11.7. The number of nitrogens with one attached hydrogen (secondary N) is 2. The zero-order valence-electron chi connectivity index (χ0n) is 14.0. The molecule has 0 amide bonds. The van der Waals surface area contributed by atoms with E-state index in [-0.39, 0.29) is 0 Å². The van der Waals surface area contributed by atoms with Gasteiger partial charge in [-0.3, -0.25) is 9.98 Å². The third-order valence-corrected chi connectivity index (χ3v) is 4.55. The molecule has 2 aromatic rings. The first kappa shape index (κ1) is 17.4. The van der Waals surface area contributed by atoms with Gasteiger partial charge < -0.3 is 10.6 Å². The van der Waals surface area contributed by atoms with Crippen molar-refractivity contribution in [2.24, 2.45) is 4.99 Å². The Morgan fingerprint density at radius 1 is 1.17 bits per heavy atom. The molecule has 0 aliphatic carbocycles. The zero-order chi connectivity index (χ0) is 16.5. The number of hydrogen-bond acceptors (Lipinski definition) is 4. The van der Waals surface area contributed by atoms with Crippen molar-refractivity contribution in [3.8, 4) is 0 Å². The van der Waals surface area contributed by atoms with E-state index in [4.69, 9.17) is 0 Å². The lowest BCUT2D eigenvalue weighted by Gasteiger charge is -2.11. The SMILES string of the molecule is CN=C(NCCc1ccccn1)NCCc1csc(C(C)C)n1. The lowest BCUT2D eigenvalue weighted by Crippen LogP contribution is -2.39. The second-order valence-electron chi connectivity index (χ2n) is 5.58. The summed E-state index contributed by atoms with van der Waals surface area (Å²) in [6, 6.07) is 5.97. The monoisotopic (exact) mass is 331 g/mol. The van der Waals surface area contributed by atoms with Crippen molar-refractivity contribution in [2.75, 3.05) is 20.1 Å². The molecular formula is C17H25N5S. The molecule has 0 spiro atoms. The molecule has 0 fully saturated rings. The van der Waals surface area contributed by atoms with E-state index in [1.165, 1.54) is 5.01 Å². The highest BCUT2D eigenvalue weighted by Gasteiger charge is 2.06. The summed E-state index contributed by atoms with van der Waals surface area (Å²) in [5.74, 6) is 1.32. The summed E-state index contributed by atoms with van der Waals surface area (Å²) < 4.78 is 0. The predicted molar refractivity (Wildman–Crippen MR) is 97.2 cm³/mol. The van der Waals surface area contributed by atoms with Crippen molar-refractivity contribution in [3.63, 3.8) is 0 Å². The van der Waals surface area contributed by atoms with Crippen LogP contribution in [0.2, 0.25) is 0 Å². The Labute approximate surface area is 142 Å². The molecule has 124 valence electrons. The van der Waals surface area contributed by atoms with Gasteiger partial charge in [0.05, 0.1) is 10.7 Å². The molecule has 2 heterocycles. The minimum absolute atomic E-state index is 0.503. The van der Waals surface area contributed by atoms with Crippen molar-refractivity contribution in [1.82, 2.24) is 20.6 Å². The third-order valence-electron chi connectivity index (χ3n) is 3.36. The molecule has 6 heteroatoms. The van der Waals surface area contributed by atoms with E-state index in [9.17, 15) is 0 Å². The highest BCUT2D eigenvalue weighted by atomic mass is 32.1. The average molecular weight is 331 g/mol. The molecule has 0 aromatic carbocycles. The molecule has 23 heavy (non-hydrogen) atoms. The Bertz CT molecular complexity index is 606. The van der Waals surface area contributed by atoms with E-state index in [0.29, 0.717) is 5.92 Å². The number of nitrogens with zero attached hydrogens (tertiary/aromatic N) is 3. The fourth-order valence-electron chi connectivity index (χ4n) is 2.09. The summed E-state index contributed by atoms with van der Waals surface area (Å²) in [7, 11) is 1.79. The second kappa shape index (κ2) is 9.25. The molecular weight excluding hydrogens is 306 g/mol. The van der Waals surface area contributed by atoms with Gasteiger partial charge in [0, 0.05) is 56.2 Å². The molecule has 0 atom stereocenters. The van der Waals surface area contributed by atoms with Crippen molar-refractivity contribution in [2.45, 2.75) is 32.6 Å². The fraction of sp³-hybridized carbons (Fsp3) is 0.471. The first-order valence-electron chi connectivity index (χ1n) is 7.97. The molecule has 5 nitrogen and oxygen atoms in total. The molecule has 2 N–H and O–H groups in total. The van der Waals surface area contributed by atoms with Crippen LogP contribution in [-0.2, 0) is 12.8 Å². The zero-order valence-corrected chi connectivity index (χ0v) is 14.9. The third kappa shape index (κ3) is 5.98. The Morgan fingerprint density at radius 3 is 2.48 bits per heavy atom. The van der Waals surface area contributed by atoms with Crippen molar-refractivity contribution in [1.29, 1.82) is 0 Å². The van der Waals surface area contributed by atoms with E-state index in [2.05, 4.69) is 44.8 Å². The highest BCUT2D eigenvalue weighted by molar-refractivity contribution is 7.09. The summed E-state index contributed by atoms with van der Waals surface area (Å²) in [5, 5.41) is 9.99. The van der Waals surface area contributed by atoms with Gasteiger partial charge in [-0.1, -0.05) is 19.9 Å². The van der Waals surface area contributed by atoms with Crippen LogP contribution in [0.25, 0.3) is 0 Å². The maximum absolute atomic E-state index is 4.64. The second-order valence-corrected chi connectivity index (χ2v) is 6.47. The molecule has 0 aliphatic heterocycles. The Balaban J connectivity index is 1.68. The molecule has 0 bridgehead atoms. The first-order chi connectivity index (χ1) is 11.2. The van der Waals surface area contributed by atoms with E-state index in [0.717, 1.165) is 43.3 Å². The van der Waals surface area contributed by atoms with Crippen LogP contribution < -0.4 is 10.6 Å². The maximum atomic E-state index is 4.64. The number of aliphatic imine (C=N–C) groups is 1. The Kier molecular flexibility index (Phi) is 7.00. The van der Waals surface area contributed by atoms with Gasteiger partial charge in [-0.15, -0.1) is 11.3 Å². The summed E-state index contributed by atoms with van der Waals surface area (Å²) in [6.45, 7) is 5.98. The Morgan fingerprint density at radius 2 is 1.91 bits per heavy atom. The molecule has 2 aromatic heterocycles. The van der Waals surface area contributed by atoms with Gasteiger partial charge in [-0.25, -0.2) is 4.98 Å². The largest absolute Gasteiger partial charge is 0.356 e. The van der Waals surface area contributed by atoms with Crippen LogP contribution in [0.1, 0.15) is 36.2 Å². The summed E-state index contributed by atoms with van der Waals surface area (Å²) in [5.41, 5.74) is 2.23. The minimum Gasteiger partial charge on any atom is -0.356 e. The van der Waals surface area contributed by atoms with Gasteiger partial charge in [-0.2, -0.15) is 0 Å². The predicted octanol–water partition coefficient (Wildman–Crippen LogP) is 2.61.